The predicted molar refractivity (Wildman–Crippen MR) is 53.8 cm³/mol. The molecule has 0 saturated heterocycles. The van der Waals surface area contributed by atoms with Gasteiger partial charge in [-0.25, -0.2) is 0 Å². The fraction of sp³-hybridized carbons (Fsp3) is 0.889. The molecule has 0 fully saturated rings. The van der Waals surface area contributed by atoms with Crippen molar-refractivity contribution in [3.05, 3.63) is 0 Å². The lowest BCUT2D eigenvalue weighted by Crippen LogP contribution is -2.49. The van der Waals surface area contributed by atoms with Gasteiger partial charge in [0.1, 0.15) is 0 Å². The SMILES string of the molecule is CC(C)(C)C(CO)NC1=NCCN1. The van der Waals surface area contributed by atoms with Crippen LogP contribution in [0.5, 0.6) is 0 Å². The third-order valence-electron chi connectivity index (χ3n) is 2.21. The molecule has 0 bridgehead atoms. The molecule has 4 nitrogen and oxygen atoms in total. The zero-order chi connectivity index (χ0) is 9.90. The van der Waals surface area contributed by atoms with Crippen molar-refractivity contribution >= 4 is 5.96 Å². The van der Waals surface area contributed by atoms with Crippen molar-refractivity contribution < 1.29 is 5.11 Å². The second-order valence-electron chi connectivity index (χ2n) is 4.40. The number of aliphatic imine (C=N–C) groups is 1. The molecule has 3 N–H and O–H groups in total. The van der Waals surface area contributed by atoms with E-state index in [1.54, 1.807) is 0 Å². The average molecular weight is 185 g/mol. The Labute approximate surface area is 79.4 Å². The minimum atomic E-state index is 0.0432. The zero-order valence-electron chi connectivity index (χ0n) is 8.59. The number of rotatable bonds is 2. The third kappa shape index (κ3) is 2.88. The maximum absolute atomic E-state index is 9.18. The smallest absolute Gasteiger partial charge is 0.191 e. The topological polar surface area (TPSA) is 56.6 Å². The van der Waals surface area contributed by atoms with Gasteiger partial charge < -0.3 is 15.7 Å². The van der Waals surface area contributed by atoms with E-state index in [0.29, 0.717) is 0 Å². The van der Waals surface area contributed by atoms with Crippen molar-refractivity contribution in [1.82, 2.24) is 10.6 Å². The molecule has 4 heteroatoms. The second-order valence-corrected chi connectivity index (χ2v) is 4.40. The summed E-state index contributed by atoms with van der Waals surface area (Å²) >= 11 is 0. The van der Waals surface area contributed by atoms with Gasteiger partial charge in [-0.15, -0.1) is 0 Å². The molecule has 0 radical (unpaired) electrons. The lowest BCUT2D eigenvalue weighted by molar-refractivity contribution is 0.174. The lowest BCUT2D eigenvalue weighted by Gasteiger charge is -2.30. The normalized spacial score (nSPS) is 19.2. The fourth-order valence-corrected chi connectivity index (χ4v) is 1.20. The Kier molecular flexibility index (Phi) is 3.14. The van der Waals surface area contributed by atoms with Crippen LogP contribution in [-0.2, 0) is 0 Å². The van der Waals surface area contributed by atoms with Gasteiger partial charge >= 0.3 is 0 Å². The molecule has 1 aliphatic rings. The van der Waals surface area contributed by atoms with E-state index in [4.69, 9.17) is 0 Å². The average Bonchev–Trinajstić information content (AvgIpc) is 2.49. The summed E-state index contributed by atoms with van der Waals surface area (Å²) in [4.78, 5) is 4.22. The van der Waals surface area contributed by atoms with E-state index in [1.165, 1.54) is 0 Å². The summed E-state index contributed by atoms with van der Waals surface area (Å²) in [7, 11) is 0. The van der Waals surface area contributed by atoms with Crippen LogP contribution >= 0.6 is 0 Å². The maximum atomic E-state index is 9.18. The van der Waals surface area contributed by atoms with Gasteiger partial charge in [0, 0.05) is 6.54 Å². The standard InChI is InChI=1S/C9H19N3O/c1-9(2,3)7(6-13)12-8-10-4-5-11-8/h7,13H,4-6H2,1-3H3,(H2,10,11,12). The van der Waals surface area contributed by atoms with E-state index in [0.717, 1.165) is 19.0 Å². The van der Waals surface area contributed by atoms with Crippen molar-refractivity contribution in [2.75, 3.05) is 19.7 Å². The van der Waals surface area contributed by atoms with Crippen molar-refractivity contribution in [3.8, 4) is 0 Å². The summed E-state index contributed by atoms with van der Waals surface area (Å²) in [6, 6.07) is 0.0526. The number of hydrogen-bond acceptors (Lipinski definition) is 4. The summed E-state index contributed by atoms with van der Waals surface area (Å²) in [5.41, 5.74) is 0.0432. The highest BCUT2D eigenvalue weighted by Crippen LogP contribution is 2.18. The van der Waals surface area contributed by atoms with Crippen LogP contribution in [0.1, 0.15) is 20.8 Å². The van der Waals surface area contributed by atoms with Gasteiger partial charge in [-0.05, 0) is 5.41 Å². The summed E-state index contributed by atoms with van der Waals surface area (Å²) in [5.74, 6) is 0.814. The molecule has 1 unspecified atom stereocenters. The molecular weight excluding hydrogens is 166 g/mol. The summed E-state index contributed by atoms with van der Waals surface area (Å²) in [5, 5.41) is 15.5. The van der Waals surface area contributed by atoms with Crippen molar-refractivity contribution in [2.24, 2.45) is 10.4 Å². The first kappa shape index (κ1) is 10.3. The number of guanidine groups is 1. The zero-order valence-corrected chi connectivity index (χ0v) is 8.59. The number of nitrogens with one attached hydrogen (secondary N) is 2. The van der Waals surface area contributed by atoms with Crippen LogP contribution in [0.25, 0.3) is 0 Å². The largest absolute Gasteiger partial charge is 0.394 e. The Hall–Kier alpha value is -0.770. The molecule has 13 heavy (non-hydrogen) atoms. The van der Waals surface area contributed by atoms with Gasteiger partial charge in [-0.3, -0.25) is 4.99 Å². The predicted octanol–water partition coefficient (Wildman–Crippen LogP) is -0.0578. The Balaban J connectivity index is 2.48. The minimum Gasteiger partial charge on any atom is -0.394 e. The molecule has 0 amide bonds. The van der Waals surface area contributed by atoms with Crippen LogP contribution in [0.15, 0.2) is 4.99 Å². The van der Waals surface area contributed by atoms with Crippen LogP contribution in [0.4, 0.5) is 0 Å². The van der Waals surface area contributed by atoms with Crippen LogP contribution in [-0.4, -0.2) is 36.8 Å². The lowest BCUT2D eigenvalue weighted by atomic mass is 9.87. The fourth-order valence-electron chi connectivity index (χ4n) is 1.20. The number of nitrogens with zero attached hydrogens (tertiary/aromatic N) is 1. The number of aliphatic hydroxyl groups excluding tert-OH is 1. The van der Waals surface area contributed by atoms with E-state index in [9.17, 15) is 5.11 Å². The Morgan fingerprint density at radius 3 is 2.69 bits per heavy atom. The highest BCUT2D eigenvalue weighted by atomic mass is 16.3. The highest BCUT2D eigenvalue weighted by Gasteiger charge is 2.25. The molecule has 0 aromatic carbocycles. The van der Waals surface area contributed by atoms with Gasteiger partial charge in [0.25, 0.3) is 0 Å². The van der Waals surface area contributed by atoms with E-state index >= 15 is 0 Å². The van der Waals surface area contributed by atoms with Crippen molar-refractivity contribution in [3.63, 3.8) is 0 Å². The van der Waals surface area contributed by atoms with Gasteiger partial charge in [0.15, 0.2) is 5.96 Å². The first-order chi connectivity index (χ1) is 6.04. The van der Waals surface area contributed by atoms with Crippen LogP contribution in [0, 0.1) is 5.41 Å². The quantitative estimate of drug-likeness (QED) is 0.565. The first-order valence-corrected chi connectivity index (χ1v) is 4.70. The Morgan fingerprint density at radius 1 is 1.62 bits per heavy atom. The van der Waals surface area contributed by atoms with Crippen LogP contribution in [0.3, 0.4) is 0 Å². The first-order valence-electron chi connectivity index (χ1n) is 4.70. The molecule has 0 aliphatic carbocycles. The molecule has 1 aliphatic heterocycles. The minimum absolute atomic E-state index is 0.0432. The van der Waals surface area contributed by atoms with E-state index in [1.807, 2.05) is 0 Å². The van der Waals surface area contributed by atoms with Gasteiger partial charge in [0.2, 0.25) is 0 Å². The van der Waals surface area contributed by atoms with Gasteiger partial charge in [0.05, 0.1) is 19.2 Å². The summed E-state index contributed by atoms with van der Waals surface area (Å²) < 4.78 is 0. The molecule has 1 atom stereocenters. The molecule has 76 valence electrons. The van der Waals surface area contributed by atoms with E-state index in [2.05, 4.69) is 36.4 Å². The van der Waals surface area contributed by atoms with E-state index in [-0.39, 0.29) is 18.1 Å². The number of hydrogen-bond donors (Lipinski definition) is 3. The monoisotopic (exact) mass is 185 g/mol. The molecule has 0 saturated carbocycles. The summed E-state index contributed by atoms with van der Waals surface area (Å²) in [6.07, 6.45) is 0. The molecule has 0 aromatic heterocycles. The van der Waals surface area contributed by atoms with E-state index < -0.39 is 0 Å². The van der Waals surface area contributed by atoms with Gasteiger partial charge in [-0.2, -0.15) is 0 Å². The third-order valence-corrected chi connectivity index (χ3v) is 2.21. The van der Waals surface area contributed by atoms with Crippen molar-refractivity contribution in [1.29, 1.82) is 0 Å². The molecule has 0 spiro atoms. The molecule has 1 heterocycles. The molecular formula is C9H19N3O. The van der Waals surface area contributed by atoms with Crippen LogP contribution in [0.2, 0.25) is 0 Å². The van der Waals surface area contributed by atoms with Crippen molar-refractivity contribution in [2.45, 2.75) is 26.8 Å². The maximum Gasteiger partial charge on any atom is 0.191 e. The summed E-state index contributed by atoms with van der Waals surface area (Å²) in [6.45, 7) is 8.13. The van der Waals surface area contributed by atoms with Gasteiger partial charge in [-0.1, -0.05) is 20.8 Å². The molecule has 0 aromatic rings. The Bertz CT molecular complexity index is 196. The highest BCUT2D eigenvalue weighted by molar-refractivity contribution is 5.81. The molecule has 1 rings (SSSR count). The Morgan fingerprint density at radius 2 is 2.31 bits per heavy atom. The van der Waals surface area contributed by atoms with Crippen LogP contribution < -0.4 is 10.6 Å². The number of aliphatic hydroxyl groups is 1. The second kappa shape index (κ2) is 3.96.